The van der Waals surface area contributed by atoms with Crippen molar-refractivity contribution in [2.24, 2.45) is 5.92 Å². The predicted octanol–water partition coefficient (Wildman–Crippen LogP) is 4.87. The van der Waals surface area contributed by atoms with Gasteiger partial charge < -0.3 is 9.73 Å². The molecule has 4 rings (SSSR count). The highest BCUT2D eigenvalue weighted by atomic mass is 16.3. The van der Waals surface area contributed by atoms with E-state index in [0.717, 1.165) is 41.8 Å². The number of amides is 1. The van der Waals surface area contributed by atoms with Crippen LogP contribution in [0, 0.1) is 19.8 Å². The molecule has 1 aromatic heterocycles. The zero-order valence-corrected chi connectivity index (χ0v) is 13.9. The molecule has 4 nitrogen and oxygen atoms in total. The number of anilines is 1. The molecule has 2 aliphatic carbocycles. The molecule has 1 aromatic carbocycles. The van der Waals surface area contributed by atoms with Crippen molar-refractivity contribution in [1.29, 1.82) is 0 Å². The monoisotopic (exact) mass is 312 g/mol. The van der Waals surface area contributed by atoms with Crippen molar-refractivity contribution in [1.82, 2.24) is 4.98 Å². The number of aromatic nitrogens is 1. The summed E-state index contributed by atoms with van der Waals surface area (Å²) in [5.74, 6) is 0.901. The summed E-state index contributed by atoms with van der Waals surface area (Å²) in [7, 11) is 0. The van der Waals surface area contributed by atoms with Crippen LogP contribution in [0.1, 0.15) is 49.8 Å². The Hall–Kier alpha value is -2.10. The molecule has 0 unspecified atom stereocenters. The minimum Gasteiger partial charge on any atom is -0.444 e. The van der Waals surface area contributed by atoms with Gasteiger partial charge in [0, 0.05) is 17.2 Å². The second kappa shape index (κ2) is 6.99. The Morgan fingerprint density at radius 3 is 2.43 bits per heavy atom. The molecule has 0 atom stereocenters. The normalized spacial score (nSPS) is 16.1. The van der Waals surface area contributed by atoms with Gasteiger partial charge in [0.15, 0.2) is 0 Å². The number of oxazole rings is 1. The van der Waals surface area contributed by atoms with Crippen molar-refractivity contribution >= 4 is 11.6 Å². The average Bonchev–Trinajstić information content (AvgIpc) is 3.28. The Bertz CT molecular complexity index is 682. The summed E-state index contributed by atoms with van der Waals surface area (Å²) in [5.41, 5.74) is 3.65. The maximum atomic E-state index is 12.0. The molecule has 1 amide bonds. The van der Waals surface area contributed by atoms with Crippen molar-refractivity contribution in [2.75, 3.05) is 5.32 Å². The van der Waals surface area contributed by atoms with Crippen molar-refractivity contribution in [2.45, 2.75) is 52.4 Å². The number of benzene rings is 1. The molecular weight excluding hydrogens is 288 g/mol. The van der Waals surface area contributed by atoms with E-state index in [1.54, 1.807) is 6.26 Å². The summed E-state index contributed by atoms with van der Waals surface area (Å²) >= 11 is 0. The SMILES string of the molecule is C1CC1.Cc1coc(-c2cc(NC(=O)C3CCC3)ccc2C)n1. The van der Waals surface area contributed by atoms with Gasteiger partial charge in [-0.2, -0.15) is 0 Å². The van der Waals surface area contributed by atoms with E-state index in [-0.39, 0.29) is 11.8 Å². The molecule has 0 aliphatic heterocycles. The summed E-state index contributed by atoms with van der Waals surface area (Å²) < 4.78 is 5.45. The van der Waals surface area contributed by atoms with E-state index in [0.29, 0.717) is 5.89 Å². The fourth-order valence-corrected chi connectivity index (χ4v) is 2.32. The summed E-state index contributed by atoms with van der Waals surface area (Å²) in [6.07, 6.45) is 9.30. The molecule has 0 saturated heterocycles. The van der Waals surface area contributed by atoms with E-state index in [9.17, 15) is 4.79 Å². The van der Waals surface area contributed by atoms with Crippen LogP contribution in [0.2, 0.25) is 0 Å². The largest absolute Gasteiger partial charge is 0.444 e. The third-order valence-corrected chi connectivity index (χ3v) is 4.18. The quantitative estimate of drug-likeness (QED) is 0.880. The number of nitrogens with zero attached hydrogens (tertiary/aromatic N) is 1. The van der Waals surface area contributed by atoms with Crippen LogP contribution < -0.4 is 5.32 Å². The fourth-order valence-electron chi connectivity index (χ4n) is 2.32. The van der Waals surface area contributed by atoms with E-state index in [1.807, 2.05) is 32.0 Å². The van der Waals surface area contributed by atoms with Crippen molar-refractivity contribution in [3.63, 3.8) is 0 Å². The lowest BCUT2D eigenvalue weighted by atomic mass is 9.85. The lowest BCUT2D eigenvalue weighted by molar-refractivity contribution is -0.122. The molecular formula is C19H24N2O2. The smallest absolute Gasteiger partial charge is 0.227 e. The van der Waals surface area contributed by atoms with E-state index in [1.165, 1.54) is 19.3 Å². The average molecular weight is 312 g/mol. The minimum atomic E-state index is 0.120. The molecule has 2 aliphatic rings. The van der Waals surface area contributed by atoms with Gasteiger partial charge in [0.05, 0.1) is 5.69 Å². The number of hydrogen-bond donors (Lipinski definition) is 1. The topological polar surface area (TPSA) is 55.1 Å². The first-order valence-electron chi connectivity index (χ1n) is 8.47. The van der Waals surface area contributed by atoms with Gasteiger partial charge in [-0.1, -0.05) is 31.7 Å². The lowest BCUT2D eigenvalue weighted by Gasteiger charge is -2.24. The molecule has 0 radical (unpaired) electrons. The van der Waals surface area contributed by atoms with Crippen molar-refractivity contribution in [3.05, 3.63) is 35.7 Å². The maximum Gasteiger partial charge on any atom is 0.227 e. The number of carbonyl (C=O) groups is 1. The highest BCUT2D eigenvalue weighted by molar-refractivity contribution is 5.93. The molecule has 4 heteroatoms. The highest BCUT2D eigenvalue weighted by Crippen LogP contribution is 2.29. The van der Waals surface area contributed by atoms with Gasteiger partial charge in [0.25, 0.3) is 0 Å². The minimum absolute atomic E-state index is 0.120. The molecule has 1 heterocycles. The Morgan fingerprint density at radius 2 is 1.91 bits per heavy atom. The standard InChI is InChI=1S/C16H18N2O2.C3H6/c1-10-6-7-13(18-15(19)12-4-3-5-12)8-14(10)16-17-11(2)9-20-16;1-2-3-1/h6-9,12H,3-5H2,1-2H3,(H,18,19);1-3H2. The fraction of sp³-hybridized carbons (Fsp3) is 0.474. The number of rotatable bonds is 3. The van der Waals surface area contributed by atoms with E-state index >= 15 is 0 Å². The van der Waals surface area contributed by atoms with Gasteiger partial charge in [-0.3, -0.25) is 4.79 Å². The van der Waals surface area contributed by atoms with E-state index in [2.05, 4.69) is 10.3 Å². The summed E-state index contributed by atoms with van der Waals surface area (Å²) in [6.45, 7) is 3.90. The van der Waals surface area contributed by atoms with Gasteiger partial charge in [0.1, 0.15) is 6.26 Å². The van der Waals surface area contributed by atoms with E-state index < -0.39 is 0 Å². The third kappa shape index (κ3) is 4.21. The highest BCUT2D eigenvalue weighted by Gasteiger charge is 2.25. The Balaban J connectivity index is 0.000000468. The second-order valence-electron chi connectivity index (χ2n) is 6.50. The Kier molecular flexibility index (Phi) is 4.79. The second-order valence-corrected chi connectivity index (χ2v) is 6.50. The molecule has 2 aromatic rings. The van der Waals surface area contributed by atoms with Crippen LogP contribution in [-0.4, -0.2) is 10.9 Å². The maximum absolute atomic E-state index is 12.0. The van der Waals surface area contributed by atoms with Gasteiger partial charge in [-0.25, -0.2) is 4.98 Å². The first-order valence-corrected chi connectivity index (χ1v) is 8.47. The van der Waals surface area contributed by atoms with Gasteiger partial charge in [-0.15, -0.1) is 0 Å². The van der Waals surface area contributed by atoms with Crippen molar-refractivity contribution < 1.29 is 9.21 Å². The summed E-state index contributed by atoms with van der Waals surface area (Å²) in [6, 6.07) is 5.83. The summed E-state index contributed by atoms with van der Waals surface area (Å²) in [5, 5.41) is 2.98. The van der Waals surface area contributed by atoms with Gasteiger partial charge >= 0.3 is 0 Å². The first-order chi connectivity index (χ1) is 11.1. The Labute approximate surface area is 137 Å². The molecule has 0 spiro atoms. The van der Waals surface area contributed by atoms with Crippen LogP contribution in [0.5, 0.6) is 0 Å². The van der Waals surface area contributed by atoms with Crippen LogP contribution in [0.3, 0.4) is 0 Å². The van der Waals surface area contributed by atoms with Crippen LogP contribution in [0.25, 0.3) is 11.5 Å². The number of carbonyl (C=O) groups excluding carboxylic acids is 1. The zero-order valence-electron chi connectivity index (χ0n) is 13.9. The molecule has 23 heavy (non-hydrogen) atoms. The first kappa shape index (κ1) is 15.8. The number of nitrogens with one attached hydrogen (secondary N) is 1. The van der Waals surface area contributed by atoms with Crippen LogP contribution in [0.4, 0.5) is 5.69 Å². The molecule has 2 saturated carbocycles. The molecule has 0 bridgehead atoms. The number of aryl methyl sites for hydroxylation is 2. The lowest BCUT2D eigenvalue weighted by Crippen LogP contribution is -2.28. The molecule has 122 valence electrons. The zero-order chi connectivity index (χ0) is 16.2. The predicted molar refractivity (Wildman–Crippen MR) is 91.2 cm³/mol. The molecule has 2 fully saturated rings. The summed E-state index contributed by atoms with van der Waals surface area (Å²) in [4.78, 5) is 16.3. The van der Waals surface area contributed by atoms with Crippen LogP contribution >= 0.6 is 0 Å². The van der Waals surface area contributed by atoms with Gasteiger partial charge in [-0.05, 0) is 44.4 Å². The number of hydrogen-bond acceptors (Lipinski definition) is 3. The van der Waals surface area contributed by atoms with Crippen molar-refractivity contribution in [3.8, 4) is 11.5 Å². The van der Waals surface area contributed by atoms with Crippen LogP contribution in [0.15, 0.2) is 28.9 Å². The van der Waals surface area contributed by atoms with E-state index in [4.69, 9.17) is 4.42 Å². The van der Waals surface area contributed by atoms with Gasteiger partial charge in [0.2, 0.25) is 11.8 Å². The third-order valence-electron chi connectivity index (χ3n) is 4.18. The Morgan fingerprint density at radius 1 is 1.17 bits per heavy atom. The van der Waals surface area contributed by atoms with Crippen LogP contribution in [-0.2, 0) is 4.79 Å². The molecule has 1 N–H and O–H groups in total.